The zero-order valence-corrected chi connectivity index (χ0v) is 13.9. The Kier molecular flexibility index (Phi) is 4.85. The first-order valence-corrected chi connectivity index (χ1v) is 7.65. The fraction of sp³-hybridized carbons (Fsp3) is 0.167. The van der Waals surface area contributed by atoms with Crippen LogP contribution in [0, 0.1) is 12.7 Å². The number of methoxy groups -OCH3 is 1. The van der Waals surface area contributed by atoms with E-state index in [-0.39, 0.29) is 18.3 Å². The van der Waals surface area contributed by atoms with Gasteiger partial charge in [-0.05, 0) is 55.5 Å². The van der Waals surface area contributed by atoms with E-state index in [1.807, 2.05) is 12.1 Å². The summed E-state index contributed by atoms with van der Waals surface area (Å²) in [5, 5.41) is 7.11. The summed E-state index contributed by atoms with van der Waals surface area (Å²) in [6.07, 6.45) is 0. The number of nitrogens with zero attached hydrogens (tertiary/aromatic N) is 3. The van der Waals surface area contributed by atoms with E-state index in [0.29, 0.717) is 17.3 Å². The van der Waals surface area contributed by atoms with Crippen LogP contribution in [0.4, 0.5) is 10.1 Å². The van der Waals surface area contributed by atoms with Crippen molar-refractivity contribution in [2.24, 2.45) is 0 Å². The van der Waals surface area contributed by atoms with E-state index < -0.39 is 0 Å². The van der Waals surface area contributed by atoms with Gasteiger partial charge in [0.15, 0.2) is 5.82 Å². The molecule has 0 aliphatic heterocycles. The van der Waals surface area contributed by atoms with Crippen molar-refractivity contribution in [3.8, 4) is 17.1 Å². The van der Waals surface area contributed by atoms with Crippen molar-refractivity contribution in [3.05, 3.63) is 60.2 Å². The van der Waals surface area contributed by atoms with E-state index >= 15 is 0 Å². The third-order valence-corrected chi connectivity index (χ3v) is 3.49. The van der Waals surface area contributed by atoms with Gasteiger partial charge in [-0.3, -0.25) is 4.79 Å². The van der Waals surface area contributed by atoms with Crippen LogP contribution >= 0.6 is 0 Å². The van der Waals surface area contributed by atoms with Crippen molar-refractivity contribution >= 4 is 11.6 Å². The number of rotatable bonds is 5. The predicted molar refractivity (Wildman–Crippen MR) is 92.0 cm³/mol. The fourth-order valence-corrected chi connectivity index (χ4v) is 2.40. The molecular formula is C18H17FN4O2. The van der Waals surface area contributed by atoms with Gasteiger partial charge in [-0.2, -0.15) is 5.10 Å². The molecule has 0 aliphatic rings. The van der Waals surface area contributed by atoms with Crippen molar-refractivity contribution in [1.82, 2.24) is 14.8 Å². The van der Waals surface area contributed by atoms with Gasteiger partial charge < -0.3 is 10.1 Å². The molecule has 0 spiro atoms. The lowest BCUT2D eigenvalue weighted by Gasteiger charge is -2.08. The largest absolute Gasteiger partial charge is 0.375 e. The number of amides is 1. The molecule has 0 unspecified atom stereocenters. The Morgan fingerprint density at radius 3 is 2.48 bits per heavy atom. The molecule has 0 saturated heterocycles. The summed E-state index contributed by atoms with van der Waals surface area (Å²) in [7, 11) is 1.47. The Labute approximate surface area is 144 Å². The molecule has 1 aromatic heterocycles. The standard InChI is InChI=1S/C18H17FN4O2/c1-12-20-18(23(22-12)16-9-5-14(19)6-10-16)13-3-7-15(8-4-13)21-17(24)11-25-2/h3-10H,11H2,1-2H3,(H,21,24). The Morgan fingerprint density at radius 1 is 1.16 bits per heavy atom. The Hall–Kier alpha value is -3.06. The second kappa shape index (κ2) is 7.23. The molecule has 0 fully saturated rings. The summed E-state index contributed by atoms with van der Waals surface area (Å²) in [6.45, 7) is 1.79. The topological polar surface area (TPSA) is 69.0 Å². The summed E-state index contributed by atoms with van der Waals surface area (Å²) in [6, 6.07) is 13.3. The second-order valence-electron chi connectivity index (χ2n) is 5.43. The maximum atomic E-state index is 13.1. The van der Waals surface area contributed by atoms with E-state index in [1.54, 1.807) is 35.9 Å². The molecule has 1 heterocycles. The van der Waals surface area contributed by atoms with Crippen LogP contribution in [-0.2, 0) is 9.53 Å². The minimum absolute atomic E-state index is 0.000160. The van der Waals surface area contributed by atoms with E-state index in [1.165, 1.54) is 19.2 Å². The van der Waals surface area contributed by atoms with E-state index in [2.05, 4.69) is 15.4 Å². The Balaban J connectivity index is 1.89. The SMILES string of the molecule is COCC(=O)Nc1ccc(-c2nc(C)nn2-c2ccc(F)cc2)cc1. The number of nitrogens with one attached hydrogen (secondary N) is 1. The highest BCUT2D eigenvalue weighted by atomic mass is 19.1. The zero-order chi connectivity index (χ0) is 17.8. The van der Waals surface area contributed by atoms with Crippen LogP contribution in [0.5, 0.6) is 0 Å². The van der Waals surface area contributed by atoms with Crippen LogP contribution < -0.4 is 5.32 Å². The van der Waals surface area contributed by atoms with Gasteiger partial charge in [0, 0.05) is 18.4 Å². The second-order valence-corrected chi connectivity index (χ2v) is 5.43. The molecule has 1 N–H and O–H groups in total. The fourth-order valence-electron chi connectivity index (χ4n) is 2.40. The normalized spacial score (nSPS) is 10.7. The lowest BCUT2D eigenvalue weighted by Crippen LogP contribution is -2.16. The van der Waals surface area contributed by atoms with Crippen LogP contribution in [0.3, 0.4) is 0 Å². The maximum Gasteiger partial charge on any atom is 0.250 e. The molecule has 3 rings (SSSR count). The van der Waals surface area contributed by atoms with Crippen LogP contribution in [0.25, 0.3) is 17.1 Å². The van der Waals surface area contributed by atoms with Crippen molar-refractivity contribution < 1.29 is 13.9 Å². The van der Waals surface area contributed by atoms with Gasteiger partial charge in [0.1, 0.15) is 18.2 Å². The summed E-state index contributed by atoms with van der Waals surface area (Å²) < 4.78 is 19.6. The molecule has 2 aromatic carbocycles. The number of ether oxygens (including phenoxy) is 1. The molecule has 0 radical (unpaired) electrons. The quantitative estimate of drug-likeness (QED) is 0.775. The summed E-state index contributed by atoms with van der Waals surface area (Å²) in [5.41, 5.74) is 2.21. The van der Waals surface area contributed by atoms with Gasteiger partial charge in [-0.1, -0.05) is 0 Å². The molecule has 3 aromatic rings. The average Bonchev–Trinajstić information content (AvgIpc) is 2.98. The first-order chi connectivity index (χ1) is 12.1. The highest BCUT2D eigenvalue weighted by Gasteiger charge is 2.12. The lowest BCUT2D eigenvalue weighted by molar-refractivity contribution is -0.119. The zero-order valence-electron chi connectivity index (χ0n) is 13.9. The van der Waals surface area contributed by atoms with Crippen molar-refractivity contribution in [2.75, 3.05) is 19.0 Å². The van der Waals surface area contributed by atoms with E-state index in [0.717, 1.165) is 11.3 Å². The summed E-state index contributed by atoms with van der Waals surface area (Å²) >= 11 is 0. The number of aromatic nitrogens is 3. The van der Waals surface area contributed by atoms with Gasteiger partial charge in [-0.25, -0.2) is 14.1 Å². The van der Waals surface area contributed by atoms with Gasteiger partial charge in [0.25, 0.3) is 0 Å². The lowest BCUT2D eigenvalue weighted by atomic mass is 10.2. The van der Waals surface area contributed by atoms with Gasteiger partial charge in [-0.15, -0.1) is 0 Å². The molecule has 0 saturated carbocycles. The smallest absolute Gasteiger partial charge is 0.250 e. The van der Waals surface area contributed by atoms with Crippen LogP contribution in [0.15, 0.2) is 48.5 Å². The molecule has 6 nitrogen and oxygen atoms in total. The van der Waals surface area contributed by atoms with Gasteiger partial charge in [0.05, 0.1) is 5.69 Å². The molecule has 128 valence electrons. The maximum absolute atomic E-state index is 13.1. The molecule has 0 atom stereocenters. The van der Waals surface area contributed by atoms with Crippen molar-refractivity contribution in [2.45, 2.75) is 6.92 Å². The van der Waals surface area contributed by atoms with Crippen LogP contribution in [0.2, 0.25) is 0 Å². The van der Waals surface area contributed by atoms with E-state index in [9.17, 15) is 9.18 Å². The third-order valence-electron chi connectivity index (χ3n) is 3.49. The van der Waals surface area contributed by atoms with Crippen LogP contribution in [-0.4, -0.2) is 34.4 Å². The first-order valence-electron chi connectivity index (χ1n) is 7.65. The number of halogens is 1. The Bertz CT molecular complexity index is 873. The van der Waals surface area contributed by atoms with E-state index in [4.69, 9.17) is 4.74 Å². The molecule has 0 bridgehead atoms. The number of hydrogen-bond acceptors (Lipinski definition) is 4. The number of carbonyl (C=O) groups excluding carboxylic acids is 1. The van der Waals surface area contributed by atoms with Crippen molar-refractivity contribution in [3.63, 3.8) is 0 Å². The minimum Gasteiger partial charge on any atom is -0.375 e. The monoisotopic (exact) mass is 340 g/mol. The summed E-state index contributed by atoms with van der Waals surface area (Å²) in [5.74, 6) is 0.717. The number of carbonyl (C=O) groups is 1. The number of aryl methyl sites for hydroxylation is 1. The molecule has 7 heteroatoms. The highest BCUT2D eigenvalue weighted by Crippen LogP contribution is 2.23. The van der Waals surface area contributed by atoms with Gasteiger partial charge in [0.2, 0.25) is 5.91 Å². The average molecular weight is 340 g/mol. The predicted octanol–water partition coefficient (Wildman–Crippen LogP) is 2.97. The number of hydrogen-bond donors (Lipinski definition) is 1. The van der Waals surface area contributed by atoms with Crippen molar-refractivity contribution in [1.29, 1.82) is 0 Å². The molecule has 25 heavy (non-hydrogen) atoms. The first kappa shape index (κ1) is 16.8. The minimum atomic E-state index is -0.307. The highest BCUT2D eigenvalue weighted by molar-refractivity contribution is 5.91. The molecular weight excluding hydrogens is 323 g/mol. The molecule has 1 amide bonds. The third kappa shape index (κ3) is 3.89. The molecule has 0 aliphatic carbocycles. The van der Waals surface area contributed by atoms with Crippen LogP contribution in [0.1, 0.15) is 5.82 Å². The van der Waals surface area contributed by atoms with Gasteiger partial charge >= 0.3 is 0 Å². The number of anilines is 1. The Morgan fingerprint density at radius 2 is 1.84 bits per heavy atom. The number of benzene rings is 2. The summed E-state index contributed by atoms with van der Waals surface area (Å²) in [4.78, 5) is 16.0.